The molecule has 0 aromatic rings. The van der Waals surface area contributed by atoms with E-state index in [9.17, 15) is 0 Å². The third-order valence-electron chi connectivity index (χ3n) is 3.30. The second kappa shape index (κ2) is 4.99. The minimum absolute atomic E-state index is 0.108. The maximum atomic E-state index is 6.26. The fraction of sp³-hybridized carbons (Fsp3) is 1.00. The molecule has 1 unspecified atom stereocenters. The first-order valence-electron chi connectivity index (χ1n) is 5.93. The lowest BCUT2D eigenvalue weighted by molar-refractivity contribution is 0.259. The highest BCUT2D eigenvalue weighted by molar-refractivity contribution is 4.82. The summed E-state index contributed by atoms with van der Waals surface area (Å²) in [4.78, 5) is 0. The molecule has 1 aliphatic carbocycles. The molecule has 0 heterocycles. The van der Waals surface area contributed by atoms with Crippen LogP contribution in [0.15, 0.2) is 0 Å². The Morgan fingerprint density at radius 2 is 1.85 bits per heavy atom. The Morgan fingerprint density at radius 1 is 1.23 bits per heavy atom. The summed E-state index contributed by atoms with van der Waals surface area (Å²) >= 11 is 0. The Kier molecular flexibility index (Phi) is 4.24. The van der Waals surface area contributed by atoms with E-state index in [0.29, 0.717) is 0 Å². The fourth-order valence-corrected chi connectivity index (χ4v) is 2.72. The summed E-state index contributed by atoms with van der Waals surface area (Å²) in [7, 11) is 0. The van der Waals surface area contributed by atoms with Crippen molar-refractivity contribution in [1.82, 2.24) is 0 Å². The molecule has 2 N–H and O–H groups in total. The SMILES string of the molecule is CCCC(C)(N)CC1CCCCC1. The van der Waals surface area contributed by atoms with E-state index in [1.165, 1.54) is 51.4 Å². The zero-order chi connectivity index (χ0) is 9.73. The predicted molar refractivity (Wildman–Crippen MR) is 58.7 cm³/mol. The summed E-state index contributed by atoms with van der Waals surface area (Å²) in [5.74, 6) is 0.926. The molecule has 0 amide bonds. The standard InChI is InChI=1S/C12H25N/c1-3-9-12(2,13)10-11-7-5-4-6-8-11/h11H,3-10,13H2,1-2H3. The van der Waals surface area contributed by atoms with Gasteiger partial charge in [0, 0.05) is 5.54 Å². The van der Waals surface area contributed by atoms with Gasteiger partial charge in [0.2, 0.25) is 0 Å². The van der Waals surface area contributed by atoms with E-state index in [1.54, 1.807) is 0 Å². The molecular formula is C12H25N. The number of hydrogen-bond donors (Lipinski definition) is 1. The lowest BCUT2D eigenvalue weighted by Gasteiger charge is -2.31. The second-order valence-electron chi connectivity index (χ2n) is 5.11. The summed E-state index contributed by atoms with van der Waals surface area (Å²) in [6.07, 6.45) is 10.8. The monoisotopic (exact) mass is 183 g/mol. The van der Waals surface area contributed by atoms with Crippen molar-refractivity contribution >= 4 is 0 Å². The maximum Gasteiger partial charge on any atom is 0.0128 e. The van der Waals surface area contributed by atoms with Gasteiger partial charge in [0.15, 0.2) is 0 Å². The Hall–Kier alpha value is -0.0400. The zero-order valence-electron chi connectivity index (χ0n) is 9.31. The predicted octanol–water partition coefficient (Wildman–Crippen LogP) is 3.47. The van der Waals surface area contributed by atoms with Crippen LogP contribution in [0.4, 0.5) is 0 Å². The smallest absolute Gasteiger partial charge is 0.0128 e. The van der Waals surface area contributed by atoms with E-state index >= 15 is 0 Å². The van der Waals surface area contributed by atoms with Gasteiger partial charge in [-0.3, -0.25) is 0 Å². The van der Waals surface area contributed by atoms with Crippen LogP contribution in [0.2, 0.25) is 0 Å². The van der Waals surface area contributed by atoms with Gasteiger partial charge in [0.05, 0.1) is 0 Å². The van der Waals surface area contributed by atoms with E-state index in [0.717, 1.165) is 5.92 Å². The molecule has 1 nitrogen and oxygen atoms in total. The summed E-state index contributed by atoms with van der Waals surface area (Å²) < 4.78 is 0. The largest absolute Gasteiger partial charge is 0.325 e. The van der Waals surface area contributed by atoms with E-state index in [1.807, 2.05) is 0 Å². The molecule has 13 heavy (non-hydrogen) atoms. The summed E-state index contributed by atoms with van der Waals surface area (Å²) in [6.45, 7) is 4.46. The lowest BCUT2D eigenvalue weighted by atomic mass is 9.79. The second-order valence-corrected chi connectivity index (χ2v) is 5.11. The van der Waals surface area contributed by atoms with E-state index in [2.05, 4.69) is 13.8 Å². The normalized spacial score (nSPS) is 24.2. The fourth-order valence-electron chi connectivity index (χ4n) is 2.72. The van der Waals surface area contributed by atoms with Crippen molar-refractivity contribution in [3.05, 3.63) is 0 Å². The van der Waals surface area contributed by atoms with Crippen LogP contribution in [0.25, 0.3) is 0 Å². The van der Waals surface area contributed by atoms with Gasteiger partial charge in [-0.2, -0.15) is 0 Å². The van der Waals surface area contributed by atoms with Crippen LogP contribution in [-0.4, -0.2) is 5.54 Å². The molecule has 0 aromatic carbocycles. The molecule has 0 saturated heterocycles. The van der Waals surface area contributed by atoms with E-state index in [4.69, 9.17) is 5.73 Å². The average Bonchev–Trinajstić information content (AvgIpc) is 2.04. The first kappa shape index (κ1) is 11.0. The highest BCUT2D eigenvalue weighted by Gasteiger charge is 2.23. The first-order valence-corrected chi connectivity index (χ1v) is 5.93. The van der Waals surface area contributed by atoms with Crippen LogP contribution in [0, 0.1) is 5.92 Å². The van der Waals surface area contributed by atoms with E-state index < -0.39 is 0 Å². The average molecular weight is 183 g/mol. The van der Waals surface area contributed by atoms with Gasteiger partial charge in [0.1, 0.15) is 0 Å². The van der Waals surface area contributed by atoms with Gasteiger partial charge in [-0.25, -0.2) is 0 Å². The molecule has 78 valence electrons. The summed E-state index contributed by atoms with van der Waals surface area (Å²) in [5.41, 5.74) is 6.37. The van der Waals surface area contributed by atoms with Crippen LogP contribution < -0.4 is 5.73 Å². The molecule has 1 fully saturated rings. The zero-order valence-corrected chi connectivity index (χ0v) is 9.31. The molecule has 1 heteroatoms. The molecule has 0 radical (unpaired) electrons. The Bertz CT molecular complexity index is 134. The van der Waals surface area contributed by atoms with Crippen LogP contribution in [-0.2, 0) is 0 Å². The van der Waals surface area contributed by atoms with Gasteiger partial charge in [-0.15, -0.1) is 0 Å². The van der Waals surface area contributed by atoms with Gasteiger partial charge >= 0.3 is 0 Å². The quantitative estimate of drug-likeness (QED) is 0.709. The molecule has 0 spiro atoms. The molecule has 0 aliphatic heterocycles. The van der Waals surface area contributed by atoms with Crippen molar-refractivity contribution < 1.29 is 0 Å². The van der Waals surface area contributed by atoms with Crippen LogP contribution in [0.5, 0.6) is 0 Å². The molecule has 1 atom stereocenters. The Balaban J connectivity index is 2.28. The van der Waals surface area contributed by atoms with Crippen molar-refractivity contribution in [2.24, 2.45) is 11.7 Å². The topological polar surface area (TPSA) is 26.0 Å². The van der Waals surface area contributed by atoms with Crippen LogP contribution in [0.1, 0.15) is 65.2 Å². The van der Waals surface area contributed by atoms with Gasteiger partial charge in [-0.05, 0) is 25.7 Å². The van der Waals surface area contributed by atoms with Crippen molar-refractivity contribution in [2.75, 3.05) is 0 Å². The first-order chi connectivity index (χ1) is 6.14. The number of nitrogens with two attached hydrogens (primary N) is 1. The van der Waals surface area contributed by atoms with Gasteiger partial charge < -0.3 is 5.73 Å². The Labute approximate surface area is 83.1 Å². The molecule has 1 saturated carbocycles. The van der Waals surface area contributed by atoms with Crippen molar-refractivity contribution in [3.8, 4) is 0 Å². The minimum Gasteiger partial charge on any atom is -0.325 e. The Morgan fingerprint density at radius 3 is 2.38 bits per heavy atom. The van der Waals surface area contributed by atoms with Gasteiger partial charge in [-0.1, -0.05) is 45.4 Å². The number of hydrogen-bond acceptors (Lipinski definition) is 1. The minimum atomic E-state index is 0.108. The lowest BCUT2D eigenvalue weighted by Crippen LogP contribution is -2.38. The highest BCUT2D eigenvalue weighted by atomic mass is 14.7. The number of rotatable bonds is 4. The molecular weight excluding hydrogens is 158 g/mol. The van der Waals surface area contributed by atoms with E-state index in [-0.39, 0.29) is 5.54 Å². The third-order valence-corrected chi connectivity index (χ3v) is 3.30. The molecule has 0 bridgehead atoms. The van der Waals surface area contributed by atoms with Crippen molar-refractivity contribution in [3.63, 3.8) is 0 Å². The van der Waals surface area contributed by atoms with Gasteiger partial charge in [0.25, 0.3) is 0 Å². The molecule has 0 aromatic heterocycles. The molecule has 1 rings (SSSR count). The third kappa shape index (κ3) is 4.12. The maximum absolute atomic E-state index is 6.26. The molecule has 1 aliphatic rings. The van der Waals surface area contributed by atoms with Crippen LogP contribution in [0.3, 0.4) is 0 Å². The van der Waals surface area contributed by atoms with Crippen molar-refractivity contribution in [2.45, 2.75) is 70.8 Å². The van der Waals surface area contributed by atoms with Crippen molar-refractivity contribution in [1.29, 1.82) is 0 Å². The highest BCUT2D eigenvalue weighted by Crippen LogP contribution is 2.31. The summed E-state index contributed by atoms with van der Waals surface area (Å²) in [5, 5.41) is 0. The van der Waals surface area contributed by atoms with Crippen LogP contribution >= 0.6 is 0 Å². The summed E-state index contributed by atoms with van der Waals surface area (Å²) in [6, 6.07) is 0.